The normalized spacial score (nSPS) is 12.9. The van der Waals surface area contributed by atoms with E-state index in [2.05, 4.69) is 0 Å². The van der Waals surface area contributed by atoms with E-state index in [1.807, 2.05) is 29.6 Å². The second kappa shape index (κ2) is 6.56. The predicted molar refractivity (Wildman–Crippen MR) is 78.1 cm³/mol. The minimum absolute atomic E-state index is 0.0909. The second-order valence-electron chi connectivity index (χ2n) is 5.14. The average Bonchev–Trinajstić information content (AvgIpc) is 2.67. The molecule has 0 saturated carbocycles. The van der Waals surface area contributed by atoms with E-state index in [-0.39, 0.29) is 12.1 Å². The number of nitrogens with zero attached hydrogens (tertiary/aromatic N) is 2. The summed E-state index contributed by atoms with van der Waals surface area (Å²) in [6, 6.07) is 5.01. The van der Waals surface area contributed by atoms with Gasteiger partial charge in [0.1, 0.15) is 11.6 Å². The van der Waals surface area contributed by atoms with Crippen LogP contribution in [0, 0.1) is 11.6 Å². The number of hydrogen-bond acceptors (Lipinski definition) is 2. The molecule has 1 heterocycles. The van der Waals surface area contributed by atoms with E-state index in [0.29, 0.717) is 11.6 Å². The van der Waals surface area contributed by atoms with Crippen LogP contribution >= 0.6 is 11.6 Å². The van der Waals surface area contributed by atoms with Crippen LogP contribution in [0.4, 0.5) is 8.78 Å². The zero-order valence-electron chi connectivity index (χ0n) is 11.9. The highest BCUT2D eigenvalue weighted by atomic mass is 35.5. The van der Waals surface area contributed by atoms with Crippen molar-refractivity contribution in [2.45, 2.75) is 12.6 Å². The molecular formula is C15H17ClF2N2O. The molecule has 1 N–H and O–H groups in total. The fourth-order valence-corrected chi connectivity index (χ4v) is 2.50. The Bertz CT molecular complexity index is 630. The van der Waals surface area contributed by atoms with Crippen LogP contribution in [0.15, 0.2) is 30.5 Å². The van der Waals surface area contributed by atoms with Crippen molar-refractivity contribution < 1.29 is 13.9 Å². The van der Waals surface area contributed by atoms with Crippen LogP contribution in [0.3, 0.4) is 0 Å². The van der Waals surface area contributed by atoms with Gasteiger partial charge in [0.2, 0.25) is 0 Å². The third-order valence-corrected chi connectivity index (χ3v) is 3.52. The van der Waals surface area contributed by atoms with E-state index < -0.39 is 17.7 Å². The first-order valence-electron chi connectivity index (χ1n) is 6.49. The van der Waals surface area contributed by atoms with Crippen LogP contribution < -0.4 is 0 Å². The van der Waals surface area contributed by atoms with E-state index in [9.17, 15) is 13.9 Å². The van der Waals surface area contributed by atoms with Crippen LogP contribution in [0.2, 0.25) is 5.02 Å². The van der Waals surface area contributed by atoms with Crippen LogP contribution in [-0.4, -0.2) is 28.2 Å². The highest BCUT2D eigenvalue weighted by molar-refractivity contribution is 6.30. The van der Waals surface area contributed by atoms with Crippen LogP contribution in [0.1, 0.15) is 17.4 Å². The topological polar surface area (TPSA) is 28.4 Å². The molecule has 0 aliphatic rings. The zero-order valence-corrected chi connectivity index (χ0v) is 12.6. The molecule has 0 aliphatic carbocycles. The zero-order chi connectivity index (χ0) is 15.6. The quantitative estimate of drug-likeness (QED) is 0.918. The van der Waals surface area contributed by atoms with Gasteiger partial charge >= 0.3 is 0 Å². The highest BCUT2D eigenvalue weighted by Gasteiger charge is 2.16. The summed E-state index contributed by atoms with van der Waals surface area (Å²) in [7, 11) is 3.69. The molecule has 2 rings (SSSR count). The first-order chi connectivity index (χ1) is 9.86. The molecule has 2 aromatic rings. The fraction of sp³-hybridized carbons (Fsp3) is 0.333. The summed E-state index contributed by atoms with van der Waals surface area (Å²) in [6.07, 6.45) is 0.771. The molecule has 0 saturated heterocycles. The number of benzene rings is 1. The lowest BCUT2D eigenvalue weighted by Gasteiger charge is -2.21. The van der Waals surface area contributed by atoms with Gasteiger partial charge in [-0.25, -0.2) is 8.78 Å². The molecule has 0 bridgehead atoms. The van der Waals surface area contributed by atoms with Crippen molar-refractivity contribution >= 4 is 11.6 Å². The summed E-state index contributed by atoms with van der Waals surface area (Å²) < 4.78 is 28.4. The Balaban J connectivity index is 2.01. The largest absolute Gasteiger partial charge is 0.387 e. The van der Waals surface area contributed by atoms with Gasteiger partial charge in [-0.15, -0.1) is 0 Å². The van der Waals surface area contributed by atoms with E-state index in [1.165, 1.54) is 6.07 Å². The molecule has 1 aromatic carbocycles. The molecule has 3 nitrogen and oxygen atoms in total. The summed E-state index contributed by atoms with van der Waals surface area (Å²) in [5.74, 6) is -1.40. The number of aliphatic hydroxyl groups excluding tert-OH is 1. The van der Waals surface area contributed by atoms with Crippen molar-refractivity contribution in [2.24, 2.45) is 7.05 Å². The maximum absolute atomic E-state index is 13.6. The lowest BCUT2D eigenvalue weighted by atomic mass is 10.1. The van der Waals surface area contributed by atoms with E-state index >= 15 is 0 Å². The van der Waals surface area contributed by atoms with Crippen LogP contribution in [0.25, 0.3) is 0 Å². The van der Waals surface area contributed by atoms with Crippen molar-refractivity contribution in [2.75, 3.05) is 13.6 Å². The van der Waals surface area contributed by atoms with E-state index in [0.717, 1.165) is 17.8 Å². The lowest BCUT2D eigenvalue weighted by Crippen LogP contribution is -2.25. The molecule has 0 fully saturated rings. The summed E-state index contributed by atoms with van der Waals surface area (Å²) in [6.45, 7) is 0.786. The summed E-state index contributed by atoms with van der Waals surface area (Å²) >= 11 is 5.91. The van der Waals surface area contributed by atoms with E-state index in [1.54, 1.807) is 6.20 Å². The second-order valence-corrected chi connectivity index (χ2v) is 5.58. The van der Waals surface area contributed by atoms with Gasteiger partial charge in [0.25, 0.3) is 0 Å². The molecule has 1 aromatic heterocycles. The minimum atomic E-state index is -1.02. The monoisotopic (exact) mass is 314 g/mol. The molecule has 0 spiro atoms. The maximum atomic E-state index is 13.6. The van der Waals surface area contributed by atoms with Crippen molar-refractivity contribution in [3.8, 4) is 0 Å². The average molecular weight is 315 g/mol. The third-order valence-electron chi connectivity index (χ3n) is 3.31. The van der Waals surface area contributed by atoms with E-state index in [4.69, 9.17) is 11.6 Å². The number of aromatic nitrogens is 1. The smallest absolute Gasteiger partial charge is 0.131 e. The maximum Gasteiger partial charge on any atom is 0.131 e. The van der Waals surface area contributed by atoms with Gasteiger partial charge in [-0.05, 0) is 19.2 Å². The number of aliphatic hydroxyl groups is 1. The molecule has 6 heteroatoms. The standard InChI is InChI=1S/C15H17ClF2N2O/c1-19(8-12-5-10(16)7-20(12)2)9-15(21)13-4-3-11(17)6-14(13)18/h3-7,15,21H,8-9H2,1-2H3. The van der Waals surface area contributed by atoms with Crippen molar-refractivity contribution in [3.63, 3.8) is 0 Å². The number of aryl methyl sites for hydroxylation is 1. The Labute approximate surface area is 127 Å². The third kappa shape index (κ3) is 4.03. The van der Waals surface area contributed by atoms with Crippen LogP contribution in [-0.2, 0) is 13.6 Å². The first kappa shape index (κ1) is 15.9. The van der Waals surface area contributed by atoms with Crippen molar-refractivity contribution in [1.82, 2.24) is 9.47 Å². The van der Waals surface area contributed by atoms with Crippen molar-refractivity contribution in [1.29, 1.82) is 0 Å². The molecule has 0 radical (unpaired) electrons. The van der Waals surface area contributed by atoms with Gasteiger partial charge in [-0.1, -0.05) is 17.7 Å². The number of rotatable bonds is 5. The molecule has 1 atom stereocenters. The Kier molecular flexibility index (Phi) is 4.98. The Morgan fingerprint density at radius 2 is 2.05 bits per heavy atom. The van der Waals surface area contributed by atoms with Gasteiger partial charge < -0.3 is 9.67 Å². The number of likely N-dealkylation sites (N-methyl/N-ethyl adjacent to an activating group) is 1. The molecule has 21 heavy (non-hydrogen) atoms. The summed E-state index contributed by atoms with van der Waals surface area (Å²) in [4.78, 5) is 1.85. The first-order valence-corrected chi connectivity index (χ1v) is 6.87. The predicted octanol–water partition coefficient (Wildman–Crippen LogP) is 3.12. The van der Waals surface area contributed by atoms with Crippen molar-refractivity contribution in [3.05, 3.63) is 58.4 Å². The molecular weight excluding hydrogens is 298 g/mol. The minimum Gasteiger partial charge on any atom is -0.387 e. The Morgan fingerprint density at radius 1 is 1.33 bits per heavy atom. The Hall–Kier alpha value is -1.43. The molecule has 0 amide bonds. The summed E-state index contributed by atoms with van der Waals surface area (Å²) in [5.41, 5.74) is 1.07. The Morgan fingerprint density at radius 3 is 2.62 bits per heavy atom. The number of hydrogen-bond donors (Lipinski definition) is 1. The highest BCUT2D eigenvalue weighted by Crippen LogP contribution is 2.20. The van der Waals surface area contributed by atoms with Crippen LogP contribution in [0.5, 0.6) is 0 Å². The van der Waals surface area contributed by atoms with Gasteiger partial charge in [0.05, 0.1) is 11.1 Å². The molecule has 1 unspecified atom stereocenters. The van der Waals surface area contributed by atoms with Gasteiger partial charge in [0, 0.05) is 43.7 Å². The number of halogens is 3. The summed E-state index contributed by atoms with van der Waals surface area (Å²) in [5, 5.41) is 10.7. The van der Waals surface area contributed by atoms with Gasteiger partial charge in [0.15, 0.2) is 0 Å². The van der Waals surface area contributed by atoms with Gasteiger partial charge in [-0.2, -0.15) is 0 Å². The fourth-order valence-electron chi connectivity index (χ4n) is 2.23. The molecule has 0 aliphatic heterocycles. The molecule has 114 valence electrons. The SMILES string of the molecule is CN(Cc1cc(Cl)cn1C)CC(O)c1ccc(F)cc1F. The lowest BCUT2D eigenvalue weighted by molar-refractivity contribution is 0.119. The van der Waals surface area contributed by atoms with Gasteiger partial charge in [-0.3, -0.25) is 4.90 Å².